The maximum absolute atomic E-state index is 9.42. The van der Waals surface area contributed by atoms with Crippen LogP contribution in [0, 0.1) is 0 Å². The Morgan fingerprint density at radius 3 is 2.23 bits per heavy atom. The fraction of sp³-hybridized carbons (Fsp3) is 0.111. The van der Waals surface area contributed by atoms with Gasteiger partial charge in [0.2, 0.25) is 0 Å². The molecule has 0 radical (unpaired) electrons. The van der Waals surface area contributed by atoms with Crippen molar-refractivity contribution in [1.29, 1.82) is 0 Å². The van der Waals surface area contributed by atoms with Gasteiger partial charge in [0, 0.05) is 6.04 Å². The molecular weight excluding hydrogens is 298 g/mol. The van der Waals surface area contributed by atoms with Crippen LogP contribution in [0.2, 0.25) is 0 Å². The van der Waals surface area contributed by atoms with Crippen molar-refractivity contribution in [2.75, 3.05) is 0 Å². The zero-order chi connectivity index (χ0) is 10.0. The molecule has 0 amide bonds. The predicted octanol–water partition coefficient (Wildman–Crippen LogP) is 3.10. The number of hydrogen-bond donors (Lipinski definition) is 2. The first-order chi connectivity index (χ1) is 6.06. The van der Waals surface area contributed by atoms with Crippen LogP contribution in [-0.2, 0) is 0 Å². The van der Waals surface area contributed by atoms with E-state index in [0.717, 1.165) is 5.56 Å². The molecule has 0 aliphatic carbocycles. The Kier molecular flexibility index (Phi) is 3.53. The zero-order valence-corrected chi connectivity index (χ0v) is 9.97. The number of benzene rings is 1. The van der Waals surface area contributed by atoms with Crippen molar-refractivity contribution in [2.45, 2.75) is 6.04 Å². The largest absolute Gasteiger partial charge is 0.506 e. The first-order valence-electron chi connectivity index (χ1n) is 3.62. The average molecular weight is 307 g/mol. The molecule has 70 valence electrons. The summed E-state index contributed by atoms with van der Waals surface area (Å²) in [7, 11) is 0. The Balaban J connectivity index is 3.20. The van der Waals surface area contributed by atoms with Gasteiger partial charge in [-0.25, -0.2) is 0 Å². The van der Waals surface area contributed by atoms with Crippen LogP contribution in [0.25, 0.3) is 0 Å². The molecule has 13 heavy (non-hydrogen) atoms. The summed E-state index contributed by atoms with van der Waals surface area (Å²) < 4.78 is 1.24. The van der Waals surface area contributed by atoms with Gasteiger partial charge in [-0.15, -0.1) is 6.58 Å². The Hall–Kier alpha value is -0.320. The monoisotopic (exact) mass is 305 g/mol. The predicted molar refractivity (Wildman–Crippen MR) is 60.6 cm³/mol. The van der Waals surface area contributed by atoms with Crippen LogP contribution < -0.4 is 5.73 Å². The third-order valence-electron chi connectivity index (χ3n) is 1.68. The van der Waals surface area contributed by atoms with Crippen molar-refractivity contribution in [3.05, 3.63) is 39.3 Å². The molecule has 4 heteroatoms. The van der Waals surface area contributed by atoms with Crippen LogP contribution in [0.3, 0.4) is 0 Å². The van der Waals surface area contributed by atoms with Gasteiger partial charge in [-0.3, -0.25) is 0 Å². The summed E-state index contributed by atoms with van der Waals surface area (Å²) in [5, 5.41) is 9.42. The van der Waals surface area contributed by atoms with Crippen LogP contribution in [0.5, 0.6) is 5.75 Å². The van der Waals surface area contributed by atoms with Crippen molar-refractivity contribution < 1.29 is 5.11 Å². The summed E-state index contributed by atoms with van der Waals surface area (Å²) >= 11 is 6.45. The minimum absolute atomic E-state index is 0.181. The Morgan fingerprint density at radius 1 is 1.38 bits per heavy atom. The highest BCUT2D eigenvalue weighted by molar-refractivity contribution is 9.11. The zero-order valence-electron chi connectivity index (χ0n) is 6.80. The van der Waals surface area contributed by atoms with Crippen LogP contribution >= 0.6 is 31.9 Å². The second-order valence-corrected chi connectivity index (χ2v) is 4.30. The molecule has 0 aliphatic heterocycles. The van der Waals surface area contributed by atoms with Crippen LogP contribution in [-0.4, -0.2) is 5.11 Å². The second-order valence-electron chi connectivity index (χ2n) is 2.59. The molecule has 0 spiro atoms. The number of phenolic OH excluding ortho intramolecular Hbond substituents is 1. The van der Waals surface area contributed by atoms with Crippen molar-refractivity contribution in [1.82, 2.24) is 0 Å². The highest BCUT2D eigenvalue weighted by Crippen LogP contribution is 2.34. The summed E-state index contributed by atoms with van der Waals surface area (Å²) in [6.45, 7) is 3.60. The Morgan fingerprint density at radius 2 is 1.85 bits per heavy atom. The lowest BCUT2D eigenvalue weighted by molar-refractivity contribution is 0.468. The van der Waals surface area contributed by atoms with Gasteiger partial charge < -0.3 is 10.8 Å². The second kappa shape index (κ2) is 4.26. The molecule has 3 N–H and O–H groups in total. The van der Waals surface area contributed by atoms with E-state index in [4.69, 9.17) is 5.73 Å². The van der Waals surface area contributed by atoms with E-state index in [2.05, 4.69) is 38.4 Å². The van der Waals surface area contributed by atoms with Gasteiger partial charge in [0.15, 0.2) is 0 Å². The molecule has 0 saturated heterocycles. The van der Waals surface area contributed by atoms with Crippen LogP contribution in [0.15, 0.2) is 33.7 Å². The normalized spacial score (nSPS) is 12.5. The lowest BCUT2D eigenvalue weighted by Gasteiger charge is -2.09. The van der Waals surface area contributed by atoms with Gasteiger partial charge in [-0.05, 0) is 49.6 Å². The van der Waals surface area contributed by atoms with Gasteiger partial charge in [0.25, 0.3) is 0 Å². The quantitative estimate of drug-likeness (QED) is 0.825. The summed E-state index contributed by atoms with van der Waals surface area (Å²) in [5.41, 5.74) is 6.64. The Bertz CT molecular complexity index is 315. The van der Waals surface area contributed by atoms with Crippen molar-refractivity contribution in [2.24, 2.45) is 5.73 Å². The van der Waals surface area contributed by atoms with E-state index in [1.807, 2.05) is 0 Å². The molecule has 0 aliphatic rings. The fourth-order valence-corrected chi connectivity index (χ4v) is 2.14. The number of aromatic hydroxyl groups is 1. The minimum atomic E-state index is -0.215. The number of hydrogen-bond acceptors (Lipinski definition) is 2. The van der Waals surface area contributed by atoms with Gasteiger partial charge in [-0.2, -0.15) is 0 Å². The average Bonchev–Trinajstić information content (AvgIpc) is 2.12. The topological polar surface area (TPSA) is 46.2 Å². The smallest absolute Gasteiger partial charge is 0.143 e. The van der Waals surface area contributed by atoms with Gasteiger partial charge in [0.05, 0.1) is 8.95 Å². The summed E-state index contributed by atoms with van der Waals surface area (Å²) in [6.07, 6.45) is 1.64. The van der Waals surface area contributed by atoms with E-state index in [0.29, 0.717) is 8.95 Å². The number of nitrogens with two attached hydrogens (primary N) is 1. The summed E-state index contributed by atoms with van der Waals surface area (Å²) in [4.78, 5) is 0. The molecule has 1 aromatic rings. The lowest BCUT2D eigenvalue weighted by Crippen LogP contribution is -2.06. The van der Waals surface area contributed by atoms with Crippen molar-refractivity contribution >= 4 is 31.9 Å². The van der Waals surface area contributed by atoms with Crippen LogP contribution in [0.4, 0.5) is 0 Å². The Labute approximate surface area is 93.7 Å². The molecule has 0 heterocycles. The summed E-state index contributed by atoms with van der Waals surface area (Å²) in [5.74, 6) is 0.181. The van der Waals surface area contributed by atoms with E-state index >= 15 is 0 Å². The highest BCUT2D eigenvalue weighted by atomic mass is 79.9. The maximum Gasteiger partial charge on any atom is 0.143 e. The molecule has 1 rings (SSSR count). The molecule has 0 aromatic heterocycles. The molecule has 0 saturated carbocycles. The van der Waals surface area contributed by atoms with E-state index in [9.17, 15) is 5.11 Å². The van der Waals surface area contributed by atoms with E-state index < -0.39 is 0 Å². The molecule has 1 aromatic carbocycles. The van der Waals surface area contributed by atoms with Crippen LogP contribution in [0.1, 0.15) is 11.6 Å². The maximum atomic E-state index is 9.42. The molecule has 0 bridgehead atoms. The summed E-state index contributed by atoms with van der Waals surface area (Å²) in [6, 6.07) is 3.33. The minimum Gasteiger partial charge on any atom is -0.506 e. The molecule has 1 atom stereocenters. The lowest BCUT2D eigenvalue weighted by atomic mass is 10.1. The third-order valence-corrected chi connectivity index (χ3v) is 2.89. The fourth-order valence-electron chi connectivity index (χ4n) is 0.914. The van der Waals surface area contributed by atoms with E-state index in [1.54, 1.807) is 18.2 Å². The van der Waals surface area contributed by atoms with Gasteiger partial charge in [0.1, 0.15) is 5.75 Å². The molecular formula is C9H9Br2NO. The molecule has 0 unspecified atom stereocenters. The van der Waals surface area contributed by atoms with Gasteiger partial charge in [-0.1, -0.05) is 6.08 Å². The third kappa shape index (κ3) is 2.33. The number of rotatable bonds is 2. The van der Waals surface area contributed by atoms with E-state index in [-0.39, 0.29) is 11.8 Å². The van der Waals surface area contributed by atoms with Crippen molar-refractivity contribution in [3.8, 4) is 5.75 Å². The van der Waals surface area contributed by atoms with E-state index in [1.165, 1.54) is 0 Å². The first-order valence-corrected chi connectivity index (χ1v) is 5.21. The van der Waals surface area contributed by atoms with Gasteiger partial charge >= 0.3 is 0 Å². The van der Waals surface area contributed by atoms with Crippen molar-refractivity contribution in [3.63, 3.8) is 0 Å². The SMILES string of the molecule is C=C[C@@H](N)c1cc(Br)c(O)c(Br)c1. The standard InChI is InChI=1S/C9H9Br2NO/c1-2-8(12)5-3-6(10)9(13)7(11)4-5/h2-4,8,13H,1,12H2/t8-/m1/s1. The number of halogens is 2. The first kappa shape index (κ1) is 10.8. The molecule has 0 fully saturated rings. The number of phenols is 1. The highest BCUT2D eigenvalue weighted by Gasteiger charge is 2.08. The molecule has 2 nitrogen and oxygen atoms in total.